The van der Waals surface area contributed by atoms with E-state index in [1.807, 2.05) is 30.3 Å². The highest BCUT2D eigenvalue weighted by Crippen LogP contribution is 2.15. The zero-order valence-electron chi connectivity index (χ0n) is 15.5. The van der Waals surface area contributed by atoms with Crippen molar-refractivity contribution in [2.45, 2.75) is 19.1 Å². The van der Waals surface area contributed by atoms with Crippen molar-refractivity contribution in [1.29, 1.82) is 0 Å². The van der Waals surface area contributed by atoms with Crippen LogP contribution in [0.4, 0.5) is 5.69 Å². The minimum atomic E-state index is -0.999. The first-order chi connectivity index (χ1) is 14.1. The molecule has 29 heavy (non-hydrogen) atoms. The number of benzene rings is 2. The number of carbonyl (C=O) groups is 2. The van der Waals surface area contributed by atoms with Gasteiger partial charge in [0.2, 0.25) is 5.91 Å². The van der Waals surface area contributed by atoms with E-state index >= 15 is 0 Å². The van der Waals surface area contributed by atoms with Crippen LogP contribution in [0.25, 0.3) is 0 Å². The molecular weight excluding hydrogens is 371 g/mol. The van der Waals surface area contributed by atoms with Crippen molar-refractivity contribution < 1.29 is 23.7 Å². The lowest BCUT2D eigenvalue weighted by Crippen LogP contribution is -2.45. The zero-order valence-corrected chi connectivity index (χ0v) is 15.5. The monoisotopic (exact) mass is 390 g/mol. The second-order valence-electron chi connectivity index (χ2n) is 6.76. The summed E-state index contributed by atoms with van der Waals surface area (Å²) in [6.07, 6.45) is 1.72. The first kappa shape index (κ1) is 19.0. The van der Waals surface area contributed by atoms with Gasteiger partial charge in [-0.05, 0) is 40.9 Å². The van der Waals surface area contributed by atoms with Crippen molar-refractivity contribution in [2.24, 2.45) is 0 Å². The fraction of sp³-hybridized carbons (Fsp3) is 0.143. The van der Waals surface area contributed by atoms with Crippen molar-refractivity contribution in [3.05, 3.63) is 83.8 Å². The topological polar surface area (TPSA) is 101 Å². The van der Waals surface area contributed by atoms with Crippen molar-refractivity contribution in [2.75, 3.05) is 5.32 Å². The van der Waals surface area contributed by atoms with Gasteiger partial charge in [-0.3, -0.25) is 9.59 Å². The standard InChI is InChI=1S/C21H19BN2O5/c25-20(23-16-9-8-15-13-29-22(27)17(15)12-16)18(11-14-5-2-1-3-6-14)24-21(26)19-7-4-10-28-19/h1-10,12,18,27H,11,13H2,(H,23,25)(H,24,26)/t18-/m0/s1. The molecule has 4 rings (SSSR count). The quantitative estimate of drug-likeness (QED) is 0.554. The van der Waals surface area contributed by atoms with Gasteiger partial charge in [0, 0.05) is 12.1 Å². The number of fused-ring (bicyclic) bond motifs is 1. The molecule has 0 radical (unpaired) electrons. The van der Waals surface area contributed by atoms with Crippen LogP contribution in [0.2, 0.25) is 0 Å². The molecule has 1 aliphatic heterocycles. The third-order valence-corrected chi connectivity index (χ3v) is 4.73. The lowest BCUT2D eigenvalue weighted by atomic mass is 9.79. The van der Waals surface area contributed by atoms with Crippen LogP contribution in [0.3, 0.4) is 0 Å². The molecule has 0 fully saturated rings. The zero-order chi connectivity index (χ0) is 20.2. The largest absolute Gasteiger partial charge is 0.491 e. The SMILES string of the molecule is O=C(N[C@@H](Cc1ccccc1)C(=O)Nc1ccc2c(c1)B(O)OC2)c1ccco1. The molecule has 1 atom stereocenters. The highest BCUT2D eigenvalue weighted by molar-refractivity contribution is 6.61. The Bertz CT molecular complexity index is 1010. The van der Waals surface area contributed by atoms with Crippen molar-refractivity contribution >= 4 is 30.1 Å². The summed E-state index contributed by atoms with van der Waals surface area (Å²) in [7, 11) is -0.999. The van der Waals surface area contributed by atoms with E-state index < -0.39 is 19.1 Å². The van der Waals surface area contributed by atoms with Crippen LogP contribution in [0.1, 0.15) is 21.7 Å². The fourth-order valence-electron chi connectivity index (χ4n) is 3.22. The predicted octanol–water partition coefficient (Wildman–Crippen LogP) is 1.48. The molecule has 8 heteroatoms. The van der Waals surface area contributed by atoms with Gasteiger partial charge in [0.1, 0.15) is 6.04 Å². The summed E-state index contributed by atoms with van der Waals surface area (Å²) in [5.41, 5.74) is 2.93. The first-order valence-corrected chi connectivity index (χ1v) is 9.22. The molecule has 146 valence electrons. The molecule has 0 unspecified atom stereocenters. The van der Waals surface area contributed by atoms with Gasteiger partial charge in [-0.25, -0.2) is 0 Å². The Morgan fingerprint density at radius 1 is 1.10 bits per heavy atom. The van der Waals surface area contributed by atoms with Gasteiger partial charge < -0.3 is 24.7 Å². The minimum Gasteiger partial charge on any atom is -0.459 e. The summed E-state index contributed by atoms with van der Waals surface area (Å²) in [5, 5.41) is 15.4. The van der Waals surface area contributed by atoms with Gasteiger partial charge >= 0.3 is 7.12 Å². The van der Waals surface area contributed by atoms with E-state index in [1.54, 1.807) is 24.3 Å². The fourth-order valence-corrected chi connectivity index (χ4v) is 3.22. The molecule has 1 aromatic heterocycles. The number of furan rings is 1. The van der Waals surface area contributed by atoms with Crippen LogP contribution >= 0.6 is 0 Å². The number of nitrogens with one attached hydrogen (secondary N) is 2. The van der Waals surface area contributed by atoms with Crippen molar-refractivity contribution in [3.63, 3.8) is 0 Å². The average Bonchev–Trinajstić information content (AvgIpc) is 3.39. The van der Waals surface area contributed by atoms with Crippen LogP contribution in [-0.2, 0) is 22.5 Å². The summed E-state index contributed by atoms with van der Waals surface area (Å²) >= 11 is 0. The number of amides is 2. The van der Waals surface area contributed by atoms with E-state index in [9.17, 15) is 14.6 Å². The van der Waals surface area contributed by atoms with Gasteiger partial charge in [-0.1, -0.05) is 36.4 Å². The summed E-state index contributed by atoms with van der Waals surface area (Å²) in [6, 6.07) is 17.0. The first-order valence-electron chi connectivity index (χ1n) is 9.22. The highest BCUT2D eigenvalue weighted by atomic mass is 16.5. The Labute approximate surface area is 167 Å². The molecule has 0 bridgehead atoms. The lowest BCUT2D eigenvalue weighted by Gasteiger charge is -2.18. The van der Waals surface area contributed by atoms with E-state index in [4.69, 9.17) is 9.07 Å². The Hall–Kier alpha value is -3.36. The number of carbonyl (C=O) groups excluding carboxylic acids is 2. The molecule has 0 saturated heterocycles. The van der Waals surface area contributed by atoms with Crippen LogP contribution in [0.5, 0.6) is 0 Å². The molecule has 7 nitrogen and oxygen atoms in total. The van der Waals surface area contributed by atoms with Crippen molar-refractivity contribution in [3.8, 4) is 0 Å². The van der Waals surface area contributed by atoms with Crippen LogP contribution < -0.4 is 16.1 Å². The van der Waals surface area contributed by atoms with Crippen LogP contribution in [-0.4, -0.2) is 30.0 Å². The maximum Gasteiger partial charge on any atom is 0.491 e. The Morgan fingerprint density at radius 3 is 2.69 bits per heavy atom. The molecule has 2 aromatic carbocycles. The Balaban J connectivity index is 1.52. The second kappa shape index (κ2) is 8.34. The van der Waals surface area contributed by atoms with Gasteiger partial charge in [0.25, 0.3) is 5.91 Å². The van der Waals surface area contributed by atoms with Crippen molar-refractivity contribution in [1.82, 2.24) is 5.32 Å². The maximum absolute atomic E-state index is 13.0. The predicted molar refractivity (Wildman–Crippen MR) is 108 cm³/mol. The second-order valence-corrected chi connectivity index (χ2v) is 6.76. The molecule has 3 aromatic rings. The number of anilines is 1. The van der Waals surface area contributed by atoms with Crippen LogP contribution in [0.15, 0.2) is 71.3 Å². The molecule has 0 spiro atoms. The summed E-state index contributed by atoms with van der Waals surface area (Å²) in [5.74, 6) is -0.709. The molecule has 0 aliphatic carbocycles. The average molecular weight is 390 g/mol. The smallest absolute Gasteiger partial charge is 0.459 e. The van der Waals surface area contributed by atoms with Gasteiger partial charge in [0.15, 0.2) is 5.76 Å². The van der Waals surface area contributed by atoms with E-state index in [0.29, 0.717) is 24.2 Å². The number of rotatable bonds is 6. The summed E-state index contributed by atoms with van der Waals surface area (Å²) < 4.78 is 10.3. The van der Waals surface area contributed by atoms with Crippen LogP contribution in [0, 0.1) is 0 Å². The van der Waals surface area contributed by atoms with E-state index in [2.05, 4.69) is 10.6 Å². The number of hydrogen-bond acceptors (Lipinski definition) is 5. The van der Waals surface area contributed by atoms with Gasteiger partial charge in [-0.15, -0.1) is 0 Å². The molecule has 2 heterocycles. The summed E-state index contributed by atoms with van der Waals surface area (Å²) in [6.45, 7) is 0.334. The normalized spacial score (nSPS) is 13.6. The molecular formula is C21H19BN2O5. The minimum absolute atomic E-state index is 0.133. The third kappa shape index (κ3) is 4.39. The molecule has 2 amide bonds. The van der Waals surface area contributed by atoms with E-state index in [0.717, 1.165) is 11.1 Å². The Morgan fingerprint density at radius 2 is 1.93 bits per heavy atom. The Kier molecular flexibility index (Phi) is 5.46. The highest BCUT2D eigenvalue weighted by Gasteiger charge is 2.28. The third-order valence-electron chi connectivity index (χ3n) is 4.73. The van der Waals surface area contributed by atoms with E-state index in [1.165, 1.54) is 12.3 Å². The lowest BCUT2D eigenvalue weighted by molar-refractivity contribution is -0.118. The molecule has 3 N–H and O–H groups in total. The molecule has 1 aliphatic rings. The van der Waals surface area contributed by atoms with E-state index in [-0.39, 0.29) is 11.7 Å². The molecule has 0 saturated carbocycles. The number of hydrogen-bond donors (Lipinski definition) is 3. The van der Waals surface area contributed by atoms with Gasteiger partial charge in [0.05, 0.1) is 12.9 Å². The summed E-state index contributed by atoms with van der Waals surface area (Å²) in [4.78, 5) is 25.4. The van der Waals surface area contributed by atoms with Gasteiger partial charge in [-0.2, -0.15) is 0 Å². The maximum atomic E-state index is 13.0.